The number of fused-ring (bicyclic) bond motifs is 1. The number of carboxylic acids is 1. The molecule has 4 rings (SSSR count). The standard InChI is InChI=1S/C26H27N3O7S/c1-14(30)27-18-7-3-16(4-8-18)20(32)11-22-24(25(35)36)29-23(34)13-26(29,37-22)12-21(33)17-5-9-19(10-6-17)28-15(2)31/h3-10,20-21,32-33H,11-13H2,1-2H3,(H,27,30)(H,28,31)(H,35,36)/t20-,21-,26?/m0/s1. The number of nitrogens with one attached hydrogen (secondary N) is 2. The van der Waals surface area contributed by atoms with Gasteiger partial charge in [-0.05, 0) is 35.4 Å². The SMILES string of the molecule is CC(=O)Nc1ccc([C@@H](O)CC2=C(C(=O)O)N3C(=O)CC3(C[C@H](O)c3ccc(NC(C)=O)cc3)S2)cc1. The van der Waals surface area contributed by atoms with Crippen molar-refractivity contribution in [1.82, 2.24) is 4.90 Å². The van der Waals surface area contributed by atoms with E-state index in [1.807, 2.05) is 0 Å². The van der Waals surface area contributed by atoms with Crippen LogP contribution in [-0.4, -0.2) is 48.8 Å². The van der Waals surface area contributed by atoms with E-state index in [4.69, 9.17) is 0 Å². The second kappa shape index (κ2) is 10.4. The molecule has 194 valence electrons. The summed E-state index contributed by atoms with van der Waals surface area (Å²) in [5, 5.41) is 37.0. The van der Waals surface area contributed by atoms with E-state index < -0.39 is 23.0 Å². The molecule has 2 aliphatic heterocycles. The quantitative estimate of drug-likeness (QED) is 0.313. The smallest absolute Gasteiger partial charge is 0.353 e. The predicted molar refractivity (Wildman–Crippen MR) is 137 cm³/mol. The fourth-order valence-electron chi connectivity index (χ4n) is 4.60. The van der Waals surface area contributed by atoms with Gasteiger partial charge in [0.1, 0.15) is 10.6 Å². The molecule has 3 amide bonds. The third kappa shape index (κ3) is 5.53. The van der Waals surface area contributed by atoms with Crippen LogP contribution < -0.4 is 10.6 Å². The average Bonchev–Trinajstić information content (AvgIpc) is 3.06. The van der Waals surface area contributed by atoms with E-state index in [9.17, 15) is 34.5 Å². The Morgan fingerprint density at radius 2 is 1.41 bits per heavy atom. The number of carbonyl (C=O) groups is 4. The zero-order chi connectivity index (χ0) is 26.9. The number of carboxylic acid groups (broad SMARTS) is 1. The van der Waals surface area contributed by atoms with Crippen LogP contribution in [0.3, 0.4) is 0 Å². The molecule has 11 heteroatoms. The highest BCUT2D eigenvalue weighted by Gasteiger charge is 2.60. The molecule has 1 unspecified atom stereocenters. The molecule has 2 heterocycles. The van der Waals surface area contributed by atoms with Crippen LogP contribution in [0, 0.1) is 0 Å². The predicted octanol–water partition coefficient (Wildman–Crippen LogP) is 3.12. The Morgan fingerprint density at radius 3 is 1.84 bits per heavy atom. The largest absolute Gasteiger partial charge is 0.477 e. The number of anilines is 2. The van der Waals surface area contributed by atoms with Crippen molar-refractivity contribution in [2.45, 2.75) is 50.2 Å². The molecule has 0 spiro atoms. The Labute approximate surface area is 217 Å². The van der Waals surface area contributed by atoms with E-state index in [1.165, 1.54) is 30.5 Å². The lowest BCUT2D eigenvalue weighted by Gasteiger charge is -2.47. The molecule has 0 aromatic heterocycles. The highest BCUT2D eigenvalue weighted by atomic mass is 32.2. The van der Waals surface area contributed by atoms with Gasteiger partial charge < -0.3 is 26.0 Å². The molecule has 5 N–H and O–H groups in total. The van der Waals surface area contributed by atoms with Crippen LogP contribution in [0.25, 0.3) is 0 Å². The van der Waals surface area contributed by atoms with Crippen LogP contribution >= 0.6 is 11.8 Å². The zero-order valence-corrected chi connectivity index (χ0v) is 21.0. The molecule has 1 saturated heterocycles. The number of rotatable bonds is 9. The third-order valence-electron chi connectivity index (χ3n) is 6.21. The maximum atomic E-state index is 12.5. The minimum Gasteiger partial charge on any atom is -0.477 e. The lowest BCUT2D eigenvalue weighted by atomic mass is 9.91. The monoisotopic (exact) mass is 525 g/mol. The number of amides is 3. The van der Waals surface area contributed by atoms with Crippen molar-refractivity contribution in [3.8, 4) is 0 Å². The summed E-state index contributed by atoms with van der Waals surface area (Å²) in [5.74, 6) is -2.08. The van der Waals surface area contributed by atoms with Gasteiger partial charge in [-0.25, -0.2) is 4.79 Å². The number of carbonyl (C=O) groups excluding carboxylic acids is 3. The van der Waals surface area contributed by atoms with Crippen LogP contribution in [0.2, 0.25) is 0 Å². The van der Waals surface area contributed by atoms with Crippen molar-refractivity contribution in [2.24, 2.45) is 0 Å². The van der Waals surface area contributed by atoms with Gasteiger partial charge in [-0.3, -0.25) is 19.3 Å². The van der Waals surface area contributed by atoms with Crippen LogP contribution in [-0.2, 0) is 19.2 Å². The molecule has 1 fully saturated rings. The van der Waals surface area contributed by atoms with E-state index in [0.29, 0.717) is 27.4 Å². The molecule has 2 aliphatic rings. The highest BCUT2D eigenvalue weighted by molar-refractivity contribution is 8.04. The van der Waals surface area contributed by atoms with Crippen LogP contribution in [0.1, 0.15) is 56.4 Å². The van der Waals surface area contributed by atoms with E-state index >= 15 is 0 Å². The summed E-state index contributed by atoms with van der Waals surface area (Å²) in [7, 11) is 0. The molecular formula is C26H27N3O7S. The topological polar surface area (TPSA) is 156 Å². The molecule has 0 bridgehead atoms. The Kier molecular flexibility index (Phi) is 7.39. The number of nitrogens with zero attached hydrogens (tertiary/aromatic N) is 1. The average molecular weight is 526 g/mol. The molecule has 3 atom stereocenters. The Balaban J connectivity index is 1.51. The van der Waals surface area contributed by atoms with Gasteiger partial charge in [0.15, 0.2) is 0 Å². The summed E-state index contributed by atoms with van der Waals surface area (Å²) in [6, 6.07) is 13.2. The number of hydrogen-bond acceptors (Lipinski definition) is 7. The maximum absolute atomic E-state index is 12.5. The Bertz CT molecular complexity index is 1280. The summed E-state index contributed by atoms with van der Waals surface area (Å²) in [4.78, 5) is 47.7. The maximum Gasteiger partial charge on any atom is 0.353 e. The van der Waals surface area contributed by atoms with Crippen molar-refractivity contribution in [1.29, 1.82) is 0 Å². The summed E-state index contributed by atoms with van der Waals surface area (Å²) in [5.41, 5.74) is 2.06. The number of hydrogen-bond donors (Lipinski definition) is 5. The van der Waals surface area contributed by atoms with Crippen molar-refractivity contribution in [2.75, 3.05) is 10.6 Å². The first-order valence-corrected chi connectivity index (χ1v) is 12.4. The van der Waals surface area contributed by atoms with Crippen molar-refractivity contribution in [3.05, 3.63) is 70.3 Å². The summed E-state index contributed by atoms with van der Waals surface area (Å²) >= 11 is 1.19. The fraction of sp³-hybridized carbons (Fsp3) is 0.308. The van der Waals surface area contributed by atoms with Crippen LogP contribution in [0.4, 0.5) is 11.4 Å². The van der Waals surface area contributed by atoms with E-state index in [-0.39, 0.29) is 42.7 Å². The molecule has 10 nitrogen and oxygen atoms in total. The lowest BCUT2D eigenvalue weighted by molar-refractivity contribution is -0.152. The normalized spacial score (nSPS) is 20.1. The Hall–Kier alpha value is -3.67. The van der Waals surface area contributed by atoms with Crippen molar-refractivity contribution in [3.63, 3.8) is 0 Å². The van der Waals surface area contributed by atoms with Gasteiger partial charge in [0.25, 0.3) is 0 Å². The first-order chi connectivity index (χ1) is 17.5. The fourth-order valence-corrected chi connectivity index (χ4v) is 6.29. The van der Waals surface area contributed by atoms with Gasteiger partial charge in [-0.2, -0.15) is 0 Å². The number of thioether (sulfide) groups is 1. The second-order valence-corrected chi connectivity index (χ2v) is 10.5. The summed E-state index contributed by atoms with van der Waals surface area (Å²) in [6.45, 7) is 2.78. The first-order valence-electron chi connectivity index (χ1n) is 11.6. The number of aliphatic carboxylic acids is 1. The third-order valence-corrected chi connectivity index (χ3v) is 7.69. The van der Waals surface area contributed by atoms with E-state index in [0.717, 1.165) is 0 Å². The zero-order valence-electron chi connectivity index (χ0n) is 20.2. The van der Waals surface area contributed by atoms with Gasteiger partial charge in [-0.1, -0.05) is 36.0 Å². The van der Waals surface area contributed by atoms with E-state index in [1.54, 1.807) is 48.5 Å². The number of benzene rings is 2. The molecular weight excluding hydrogens is 498 g/mol. The molecule has 2 aromatic rings. The minimum absolute atomic E-state index is 0.0289. The molecule has 2 aromatic carbocycles. The molecule has 0 saturated carbocycles. The van der Waals surface area contributed by atoms with Gasteiger partial charge >= 0.3 is 5.97 Å². The second-order valence-electron chi connectivity index (χ2n) is 9.08. The van der Waals surface area contributed by atoms with Crippen LogP contribution in [0.5, 0.6) is 0 Å². The van der Waals surface area contributed by atoms with Gasteiger partial charge in [-0.15, -0.1) is 0 Å². The number of aliphatic hydroxyl groups excluding tert-OH is 2. The molecule has 0 radical (unpaired) electrons. The van der Waals surface area contributed by atoms with Crippen LogP contribution in [0.15, 0.2) is 59.1 Å². The lowest BCUT2D eigenvalue weighted by Crippen LogP contribution is -2.59. The Morgan fingerprint density at radius 1 is 0.919 bits per heavy atom. The molecule has 0 aliphatic carbocycles. The minimum atomic E-state index is -1.28. The van der Waals surface area contributed by atoms with E-state index in [2.05, 4.69) is 10.6 Å². The van der Waals surface area contributed by atoms with Crippen molar-refractivity contribution < 1.29 is 34.5 Å². The first kappa shape index (κ1) is 26.4. The number of β-lactam (4-membered cyclic amide) rings is 1. The summed E-state index contributed by atoms with van der Waals surface area (Å²) < 4.78 is 0. The van der Waals surface area contributed by atoms with Crippen molar-refractivity contribution >= 4 is 46.8 Å². The van der Waals surface area contributed by atoms with Gasteiger partial charge in [0.05, 0.1) is 18.6 Å². The van der Waals surface area contributed by atoms with Gasteiger partial charge in [0.2, 0.25) is 17.7 Å². The highest BCUT2D eigenvalue weighted by Crippen LogP contribution is 2.59. The van der Waals surface area contributed by atoms with Gasteiger partial charge in [0, 0.05) is 43.0 Å². The molecule has 37 heavy (non-hydrogen) atoms. The number of aliphatic hydroxyl groups is 2. The summed E-state index contributed by atoms with van der Waals surface area (Å²) in [6.07, 6.45) is -1.92.